The van der Waals surface area contributed by atoms with Crippen LogP contribution in [0, 0.1) is 11.6 Å². The summed E-state index contributed by atoms with van der Waals surface area (Å²) in [6.07, 6.45) is 0.494. The van der Waals surface area contributed by atoms with Crippen LogP contribution >= 0.6 is 0 Å². The maximum absolute atomic E-state index is 15.0. The molecule has 2 aliphatic rings. The number of halogens is 2. The molecule has 2 saturated heterocycles. The van der Waals surface area contributed by atoms with Crippen LogP contribution in [-0.2, 0) is 0 Å². The van der Waals surface area contributed by atoms with Crippen LogP contribution in [0.1, 0.15) is 6.42 Å². The molecule has 0 spiro atoms. The van der Waals surface area contributed by atoms with Crippen molar-refractivity contribution in [3.63, 3.8) is 0 Å². The number of hydrogen-bond acceptors (Lipinski definition) is 5. The van der Waals surface area contributed by atoms with Crippen molar-refractivity contribution in [1.82, 2.24) is 9.88 Å². The quantitative estimate of drug-likeness (QED) is 0.643. The van der Waals surface area contributed by atoms with Gasteiger partial charge in [0.2, 0.25) is 5.43 Å². The zero-order valence-electron chi connectivity index (χ0n) is 15.6. The van der Waals surface area contributed by atoms with E-state index in [-0.39, 0.29) is 11.4 Å². The molecule has 2 fully saturated rings. The fourth-order valence-corrected chi connectivity index (χ4v) is 4.37. The van der Waals surface area contributed by atoms with Crippen LogP contribution in [0.15, 0.2) is 47.4 Å². The lowest BCUT2D eigenvalue weighted by Gasteiger charge is -2.30. The summed E-state index contributed by atoms with van der Waals surface area (Å²) in [4.78, 5) is 25.8. The highest BCUT2D eigenvalue weighted by atomic mass is 19.1. The number of carboxylic acid groups (broad SMARTS) is 1. The Labute approximate surface area is 169 Å². The first-order valence-corrected chi connectivity index (χ1v) is 9.46. The van der Waals surface area contributed by atoms with Gasteiger partial charge in [0.25, 0.3) is 0 Å². The zero-order chi connectivity index (χ0) is 21.0. The highest BCUT2D eigenvalue weighted by molar-refractivity contribution is 5.86. The minimum absolute atomic E-state index is 0.0261. The highest BCUT2D eigenvalue weighted by Gasteiger charge is 2.38. The number of piperazine rings is 1. The Kier molecular flexibility index (Phi) is 4.21. The van der Waals surface area contributed by atoms with Crippen LogP contribution in [0.4, 0.5) is 19.3 Å². The summed E-state index contributed by atoms with van der Waals surface area (Å²) in [5, 5.41) is 12.3. The smallest absolute Gasteiger partial charge is 0.449 e. The number of carbonyl (C=O) groups is 1. The Bertz CT molecular complexity index is 1230. The van der Waals surface area contributed by atoms with Gasteiger partial charge in [-0.2, -0.15) is 0 Å². The lowest BCUT2D eigenvalue weighted by Crippen LogP contribution is -2.44. The molecule has 2 N–H and O–H groups in total. The highest BCUT2D eigenvalue weighted by Crippen LogP contribution is 2.34. The number of pyridine rings is 1. The van der Waals surface area contributed by atoms with Gasteiger partial charge in [-0.3, -0.25) is 4.79 Å². The number of hydrogen-bond donors (Lipinski definition) is 2. The number of anilines is 1. The number of nitrogens with one attached hydrogen (secondary N) is 1. The van der Waals surface area contributed by atoms with Gasteiger partial charge < -0.3 is 24.6 Å². The number of rotatable bonds is 3. The Morgan fingerprint density at radius 3 is 2.60 bits per heavy atom. The van der Waals surface area contributed by atoms with Crippen molar-refractivity contribution >= 4 is 22.7 Å². The molecular formula is C21H17F2N3O4. The molecule has 154 valence electrons. The van der Waals surface area contributed by atoms with E-state index >= 15 is 4.39 Å². The summed E-state index contributed by atoms with van der Waals surface area (Å²) < 4.78 is 34.6. The molecule has 2 unspecified atom stereocenters. The molecule has 0 saturated carbocycles. The second-order valence-electron chi connectivity index (χ2n) is 7.50. The fourth-order valence-electron chi connectivity index (χ4n) is 4.37. The zero-order valence-corrected chi connectivity index (χ0v) is 15.6. The van der Waals surface area contributed by atoms with Gasteiger partial charge in [-0.05, 0) is 42.8 Å². The van der Waals surface area contributed by atoms with Crippen LogP contribution in [0.5, 0.6) is 5.75 Å². The average molecular weight is 413 g/mol. The van der Waals surface area contributed by atoms with Gasteiger partial charge >= 0.3 is 6.16 Å². The van der Waals surface area contributed by atoms with E-state index in [1.165, 1.54) is 35.0 Å². The first-order chi connectivity index (χ1) is 14.4. The monoisotopic (exact) mass is 413 g/mol. The molecule has 2 atom stereocenters. The van der Waals surface area contributed by atoms with Gasteiger partial charge in [-0.1, -0.05) is 0 Å². The van der Waals surface area contributed by atoms with Gasteiger partial charge in [0.1, 0.15) is 11.6 Å². The van der Waals surface area contributed by atoms with Gasteiger partial charge in [0, 0.05) is 30.9 Å². The lowest BCUT2D eigenvalue weighted by molar-refractivity contribution is 0.144. The Balaban J connectivity index is 1.75. The maximum atomic E-state index is 15.0. The molecule has 3 heterocycles. The molecule has 7 nitrogen and oxygen atoms in total. The standard InChI is InChI=1S/C21H17F2N3O4/c22-11-1-3-13(4-2-11)26-10-19(30-21(28)29)20(27)15-6-16(23)18(7-17(15)26)25-9-12-5-14(25)8-24-12/h1-4,6-7,10,12,14,24H,5,8-9H2,(H,28,29). The maximum Gasteiger partial charge on any atom is 0.511 e. The van der Waals surface area contributed by atoms with E-state index in [1.807, 2.05) is 4.90 Å². The number of fused-ring (bicyclic) bond motifs is 3. The third-order valence-electron chi connectivity index (χ3n) is 5.71. The summed E-state index contributed by atoms with van der Waals surface area (Å²) in [7, 11) is 0. The molecule has 0 radical (unpaired) electrons. The predicted octanol–water partition coefficient (Wildman–Crippen LogP) is 2.88. The minimum atomic E-state index is -1.66. The van der Waals surface area contributed by atoms with E-state index in [2.05, 4.69) is 10.1 Å². The second-order valence-corrected chi connectivity index (χ2v) is 7.50. The van der Waals surface area contributed by atoms with Crippen molar-refractivity contribution < 1.29 is 23.4 Å². The summed E-state index contributed by atoms with van der Waals surface area (Å²) in [5.74, 6) is -1.47. The van der Waals surface area contributed by atoms with E-state index in [0.29, 0.717) is 29.5 Å². The minimum Gasteiger partial charge on any atom is -0.449 e. The SMILES string of the molecule is O=C(O)Oc1cn(-c2ccc(F)cc2)c2cc(N3CC4CC3CN4)c(F)cc2c1=O. The van der Waals surface area contributed by atoms with Gasteiger partial charge in [-0.15, -0.1) is 0 Å². The molecule has 5 rings (SSSR count). The van der Waals surface area contributed by atoms with Crippen molar-refractivity contribution in [1.29, 1.82) is 0 Å². The molecule has 0 amide bonds. The van der Waals surface area contributed by atoms with Gasteiger partial charge in [0.15, 0.2) is 5.75 Å². The summed E-state index contributed by atoms with van der Waals surface area (Å²) in [6, 6.07) is 8.61. The number of ether oxygens (including phenoxy) is 1. The molecule has 2 bridgehead atoms. The molecule has 2 aromatic carbocycles. The Morgan fingerprint density at radius 2 is 1.97 bits per heavy atom. The second kappa shape index (κ2) is 6.81. The van der Waals surface area contributed by atoms with E-state index < -0.39 is 29.0 Å². The molecule has 9 heteroatoms. The molecule has 1 aromatic heterocycles. The molecule has 0 aliphatic carbocycles. The van der Waals surface area contributed by atoms with Gasteiger partial charge in [-0.25, -0.2) is 13.6 Å². The molecule has 2 aliphatic heterocycles. The third kappa shape index (κ3) is 2.98. The van der Waals surface area contributed by atoms with E-state index in [9.17, 15) is 14.0 Å². The topological polar surface area (TPSA) is 83.8 Å². The van der Waals surface area contributed by atoms with Crippen LogP contribution in [0.3, 0.4) is 0 Å². The fraction of sp³-hybridized carbons (Fsp3) is 0.238. The predicted molar refractivity (Wildman–Crippen MR) is 106 cm³/mol. The summed E-state index contributed by atoms with van der Waals surface area (Å²) in [5.41, 5.74) is 0.481. The van der Waals surface area contributed by atoms with Crippen LogP contribution in [-0.4, -0.2) is 41.0 Å². The van der Waals surface area contributed by atoms with Crippen LogP contribution < -0.4 is 20.4 Å². The van der Waals surface area contributed by atoms with E-state index in [4.69, 9.17) is 5.11 Å². The van der Waals surface area contributed by atoms with E-state index in [1.54, 1.807) is 6.07 Å². The van der Waals surface area contributed by atoms with Crippen molar-refractivity contribution in [2.75, 3.05) is 18.0 Å². The van der Waals surface area contributed by atoms with Crippen molar-refractivity contribution in [2.45, 2.75) is 18.5 Å². The third-order valence-corrected chi connectivity index (χ3v) is 5.71. The van der Waals surface area contributed by atoms with E-state index in [0.717, 1.165) is 19.0 Å². The first kappa shape index (κ1) is 18.6. The molecular weight excluding hydrogens is 396 g/mol. The van der Waals surface area contributed by atoms with Crippen LogP contribution in [0.2, 0.25) is 0 Å². The van der Waals surface area contributed by atoms with Gasteiger partial charge in [0.05, 0.1) is 22.8 Å². The lowest BCUT2D eigenvalue weighted by atomic mass is 10.1. The summed E-state index contributed by atoms with van der Waals surface area (Å²) >= 11 is 0. The first-order valence-electron chi connectivity index (χ1n) is 9.46. The van der Waals surface area contributed by atoms with Crippen molar-refractivity contribution in [3.05, 3.63) is 64.5 Å². The number of benzene rings is 2. The normalized spacial score (nSPS) is 20.1. The molecule has 30 heavy (non-hydrogen) atoms. The van der Waals surface area contributed by atoms with Crippen molar-refractivity contribution in [3.8, 4) is 11.4 Å². The number of aromatic nitrogens is 1. The summed E-state index contributed by atoms with van der Waals surface area (Å²) in [6.45, 7) is 1.42. The largest absolute Gasteiger partial charge is 0.511 e. The number of nitrogens with zero attached hydrogens (tertiary/aromatic N) is 2. The van der Waals surface area contributed by atoms with Crippen molar-refractivity contribution in [2.24, 2.45) is 0 Å². The van der Waals surface area contributed by atoms with Crippen LogP contribution in [0.25, 0.3) is 16.6 Å². The Hall–Kier alpha value is -3.46. The molecule has 3 aromatic rings. The Morgan fingerprint density at radius 1 is 1.20 bits per heavy atom. The average Bonchev–Trinajstić information content (AvgIpc) is 3.34.